The van der Waals surface area contributed by atoms with Crippen molar-refractivity contribution in [1.82, 2.24) is 0 Å². The van der Waals surface area contributed by atoms with Crippen LogP contribution in [0.1, 0.15) is 10.4 Å². The molecule has 0 aliphatic heterocycles. The van der Waals surface area contributed by atoms with Gasteiger partial charge in [0, 0.05) is 9.26 Å². The molecule has 1 aromatic carbocycles. The molecular formula is C7H5INO3-. The lowest BCUT2D eigenvalue weighted by Gasteiger charge is -2.12. The van der Waals surface area contributed by atoms with Crippen molar-refractivity contribution in [2.24, 2.45) is 0 Å². The zero-order valence-electron chi connectivity index (χ0n) is 5.87. The molecule has 4 nitrogen and oxygen atoms in total. The van der Waals surface area contributed by atoms with Gasteiger partial charge in [-0.1, -0.05) is 6.07 Å². The van der Waals surface area contributed by atoms with Gasteiger partial charge in [0.15, 0.2) is 0 Å². The Labute approximate surface area is 82.3 Å². The number of carboxylic acids is 1. The third-order valence-corrected chi connectivity index (χ3v) is 2.50. The van der Waals surface area contributed by atoms with Gasteiger partial charge in [-0.25, -0.2) is 4.79 Å². The molecule has 0 radical (unpaired) electrons. The van der Waals surface area contributed by atoms with Crippen molar-refractivity contribution in [1.29, 1.82) is 0 Å². The Morgan fingerprint density at radius 2 is 2.25 bits per heavy atom. The number of carbonyl (C=O) groups is 1. The number of anilines is 1. The second-order valence-corrected chi connectivity index (χ2v) is 3.15. The van der Waals surface area contributed by atoms with Crippen LogP contribution in [0.4, 0.5) is 5.69 Å². The van der Waals surface area contributed by atoms with Crippen LogP contribution in [-0.2, 0) is 0 Å². The second kappa shape index (κ2) is 3.72. The SMILES string of the molecule is O=C(O)c1cccc(N[O-])c1I. The Morgan fingerprint density at radius 1 is 1.58 bits per heavy atom. The molecule has 1 aromatic rings. The first-order valence-corrected chi connectivity index (χ1v) is 4.14. The summed E-state index contributed by atoms with van der Waals surface area (Å²) >= 11 is 1.81. The fourth-order valence-corrected chi connectivity index (χ4v) is 1.48. The molecule has 0 saturated heterocycles. The van der Waals surface area contributed by atoms with E-state index < -0.39 is 5.97 Å². The molecule has 0 spiro atoms. The lowest BCUT2D eigenvalue weighted by molar-refractivity contribution is 0.0696. The summed E-state index contributed by atoms with van der Waals surface area (Å²) in [6.45, 7) is 0. The maximum absolute atomic E-state index is 10.6. The minimum Gasteiger partial charge on any atom is -0.761 e. The summed E-state index contributed by atoms with van der Waals surface area (Å²) < 4.78 is 0.428. The maximum Gasteiger partial charge on any atom is 0.336 e. The van der Waals surface area contributed by atoms with E-state index in [0.717, 1.165) is 0 Å². The van der Waals surface area contributed by atoms with E-state index in [9.17, 15) is 10.0 Å². The van der Waals surface area contributed by atoms with E-state index in [1.165, 1.54) is 18.2 Å². The van der Waals surface area contributed by atoms with E-state index in [1.807, 2.05) is 22.6 Å². The summed E-state index contributed by atoms with van der Waals surface area (Å²) in [5.41, 5.74) is 2.09. The standard InChI is InChI=1S/C7H5INO3/c8-6-4(7(10)11)2-1-3-5(6)9-12/h1-3,9H,(H,10,11)/q-1. The molecule has 0 heterocycles. The van der Waals surface area contributed by atoms with Crippen molar-refractivity contribution >= 4 is 34.2 Å². The zero-order chi connectivity index (χ0) is 9.14. The number of carboxylic acid groups (broad SMARTS) is 1. The van der Waals surface area contributed by atoms with Crippen molar-refractivity contribution < 1.29 is 9.90 Å². The quantitative estimate of drug-likeness (QED) is 0.640. The molecule has 12 heavy (non-hydrogen) atoms. The Balaban J connectivity index is 3.23. The Kier molecular flexibility index (Phi) is 2.88. The van der Waals surface area contributed by atoms with Crippen molar-refractivity contribution in [2.75, 3.05) is 5.48 Å². The minimum absolute atomic E-state index is 0.136. The summed E-state index contributed by atoms with van der Waals surface area (Å²) in [5.74, 6) is -1.03. The summed E-state index contributed by atoms with van der Waals surface area (Å²) in [6, 6.07) is 4.50. The van der Waals surface area contributed by atoms with Crippen molar-refractivity contribution in [2.45, 2.75) is 0 Å². The molecule has 0 aliphatic rings. The molecule has 1 rings (SSSR count). The summed E-state index contributed by atoms with van der Waals surface area (Å²) in [7, 11) is 0. The third-order valence-electron chi connectivity index (χ3n) is 1.34. The third kappa shape index (κ3) is 1.67. The molecule has 0 atom stereocenters. The van der Waals surface area contributed by atoms with Gasteiger partial charge in [-0.05, 0) is 34.7 Å². The fraction of sp³-hybridized carbons (Fsp3) is 0. The highest BCUT2D eigenvalue weighted by Crippen LogP contribution is 2.21. The van der Waals surface area contributed by atoms with Gasteiger partial charge in [-0.2, -0.15) is 0 Å². The van der Waals surface area contributed by atoms with Gasteiger partial charge in [-0.3, -0.25) is 0 Å². The van der Waals surface area contributed by atoms with Crippen LogP contribution in [-0.4, -0.2) is 11.1 Å². The molecular weight excluding hydrogens is 273 g/mol. The van der Waals surface area contributed by atoms with Gasteiger partial charge in [0.05, 0.1) is 5.56 Å². The van der Waals surface area contributed by atoms with E-state index in [0.29, 0.717) is 3.57 Å². The fourth-order valence-electron chi connectivity index (χ4n) is 0.776. The van der Waals surface area contributed by atoms with E-state index in [1.54, 1.807) is 5.48 Å². The number of hydrogen-bond donors (Lipinski definition) is 2. The monoisotopic (exact) mass is 278 g/mol. The van der Waals surface area contributed by atoms with E-state index in [4.69, 9.17) is 5.11 Å². The van der Waals surface area contributed by atoms with Crippen LogP contribution < -0.4 is 5.48 Å². The van der Waals surface area contributed by atoms with Crippen LogP contribution >= 0.6 is 22.6 Å². The van der Waals surface area contributed by atoms with Gasteiger partial charge in [-0.15, -0.1) is 0 Å². The normalized spacial score (nSPS) is 9.50. The van der Waals surface area contributed by atoms with Crippen LogP contribution in [0.15, 0.2) is 18.2 Å². The number of benzene rings is 1. The number of halogens is 1. The molecule has 0 bridgehead atoms. The molecule has 0 aromatic heterocycles. The lowest BCUT2D eigenvalue weighted by Crippen LogP contribution is -2.01. The number of hydrogen-bond acceptors (Lipinski definition) is 3. The predicted molar refractivity (Wildman–Crippen MR) is 53.1 cm³/mol. The Morgan fingerprint density at radius 3 is 2.75 bits per heavy atom. The smallest absolute Gasteiger partial charge is 0.336 e. The van der Waals surface area contributed by atoms with Crippen LogP contribution in [0.2, 0.25) is 0 Å². The molecule has 0 saturated carbocycles. The molecule has 0 aliphatic carbocycles. The molecule has 0 fully saturated rings. The van der Waals surface area contributed by atoms with E-state index in [2.05, 4.69) is 0 Å². The highest BCUT2D eigenvalue weighted by atomic mass is 127. The highest BCUT2D eigenvalue weighted by molar-refractivity contribution is 14.1. The first-order chi connectivity index (χ1) is 5.66. The number of rotatable bonds is 2. The zero-order valence-corrected chi connectivity index (χ0v) is 8.03. The van der Waals surface area contributed by atoms with E-state index >= 15 is 0 Å². The van der Waals surface area contributed by atoms with Gasteiger partial charge in [0.25, 0.3) is 0 Å². The largest absolute Gasteiger partial charge is 0.761 e. The maximum atomic E-state index is 10.6. The summed E-state index contributed by atoms with van der Waals surface area (Å²) in [4.78, 5) is 10.6. The van der Waals surface area contributed by atoms with Gasteiger partial charge >= 0.3 is 5.97 Å². The average Bonchev–Trinajstić information content (AvgIpc) is 2.04. The molecule has 64 valence electrons. The molecule has 2 N–H and O–H groups in total. The highest BCUT2D eigenvalue weighted by Gasteiger charge is 2.08. The van der Waals surface area contributed by atoms with Crippen molar-refractivity contribution in [3.8, 4) is 0 Å². The minimum atomic E-state index is -1.03. The Hall–Kier alpha value is -0.820. The van der Waals surface area contributed by atoms with Crippen LogP contribution in [0.3, 0.4) is 0 Å². The average molecular weight is 278 g/mol. The van der Waals surface area contributed by atoms with E-state index in [-0.39, 0.29) is 11.3 Å². The van der Waals surface area contributed by atoms with Crippen molar-refractivity contribution in [3.63, 3.8) is 0 Å². The van der Waals surface area contributed by atoms with Crippen LogP contribution in [0.5, 0.6) is 0 Å². The first kappa shape index (κ1) is 9.27. The van der Waals surface area contributed by atoms with Gasteiger partial charge in [0.1, 0.15) is 0 Å². The Bertz CT molecular complexity index is 314. The number of nitrogens with one attached hydrogen (secondary N) is 1. The van der Waals surface area contributed by atoms with Gasteiger partial charge < -0.3 is 15.8 Å². The molecule has 0 unspecified atom stereocenters. The van der Waals surface area contributed by atoms with Crippen LogP contribution in [0, 0.1) is 8.78 Å². The number of aromatic carboxylic acids is 1. The molecule has 0 amide bonds. The van der Waals surface area contributed by atoms with Gasteiger partial charge in [0.2, 0.25) is 0 Å². The summed E-state index contributed by atoms with van der Waals surface area (Å²) in [6.07, 6.45) is 0. The molecule has 5 heteroatoms. The lowest BCUT2D eigenvalue weighted by atomic mass is 10.2. The van der Waals surface area contributed by atoms with Crippen molar-refractivity contribution in [3.05, 3.63) is 32.5 Å². The second-order valence-electron chi connectivity index (χ2n) is 2.07. The topological polar surface area (TPSA) is 72.4 Å². The predicted octanol–water partition coefficient (Wildman–Crippen LogP) is 1.90. The van der Waals surface area contributed by atoms with Crippen LogP contribution in [0.25, 0.3) is 0 Å². The summed E-state index contributed by atoms with van der Waals surface area (Å²) in [5, 5.41) is 18.9. The first-order valence-electron chi connectivity index (χ1n) is 3.06.